The lowest BCUT2D eigenvalue weighted by Gasteiger charge is -2.56. The lowest BCUT2D eigenvalue weighted by molar-refractivity contribution is -0.587. The van der Waals surface area contributed by atoms with Crippen LogP contribution in [0.2, 0.25) is 0 Å². The summed E-state index contributed by atoms with van der Waals surface area (Å²) in [6, 6.07) is 0. The van der Waals surface area contributed by atoms with Gasteiger partial charge in [-0.3, -0.25) is 19.1 Å². The van der Waals surface area contributed by atoms with E-state index in [9.17, 15) is 55.2 Å². The third kappa shape index (κ3) is 21.6. The van der Waals surface area contributed by atoms with Crippen LogP contribution in [0.4, 0.5) is 0 Å². The Hall–Kier alpha value is -2.03. The van der Waals surface area contributed by atoms with Crippen molar-refractivity contribution in [2.75, 3.05) is 19.8 Å². The molecule has 2 aliphatic rings. The van der Waals surface area contributed by atoms with E-state index >= 15 is 0 Å². The lowest BCUT2D eigenvalue weighted by Crippen LogP contribution is -2.84. The minimum Gasteiger partial charge on any atom is -0.422 e. The van der Waals surface area contributed by atoms with Crippen LogP contribution in [-0.4, -0.2) is 132 Å². The Kier molecular flexibility index (Phi) is 33.8. The van der Waals surface area contributed by atoms with Crippen LogP contribution in [0.15, 0.2) is 0 Å². The van der Waals surface area contributed by atoms with E-state index in [0.717, 1.165) is 96.3 Å². The van der Waals surface area contributed by atoms with Crippen LogP contribution in [0.5, 0.6) is 0 Å². The van der Waals surface area contributed by atoms with Crippen LogP contribution in [0.25, 0.3) is 0 Å². The quantitative estimate of drug-likeness (QED) is 0.0123. The number of carbonyl (C=O) groups is 3. The maximum Gasteiger partial charge on any atom is 0.409 e. The number of aliphatic hydroxyl groups is 8. The van der Waals surface area contributed by atoms with Crippen LogP contribution < -0.4 is 0 Å². The molecule has 17 heteroatoms. The summed E-state index contributed by atoms with van der Waals surface area (Å²) in [6.45, 7) is 2.96. The van der Waals surface area contributed by atoms with Gasteiger partial charge >= 0.3 is 35.5 Å². The van der Waals surface area contributed by atoms with Gasteiger partial charge in [0.15, 0.2) is 6.10 Å². The molecule has 0 saturated carbocycles. The molecule has 0 bridgehead atoms. The van der Waals surface area contributed by atoms with Crippen LogP contribution in [0, 0.1) is 0 Å². The fourth-order valence-electron chi connectivity index (χ4n) is 9.55. The molecule has 0 radical (unpaired) electrons. The topological polar surface area (TPSA) is 268 Å². The number of unbranched alkanes of at least 4 members (excludes halogenated alkanes) is 30. The molecule has 418 valence electrons. The number of carbonyl (C=O) groups excluding carboxylic acids is 3. The van der Waals surface area contributed by atoms with Gasteiger partial charge < -0.3 is 64.5 Å². The van der Waals surface area contributed by atoms with Gasteiger partial charge in [0.1, 0.15) is 31.0 Å². The highest BCUT2D eigenvalue weighted by molar-refractivity contribution is 5.72. The SMILES string of the molecule is CCCCCCCCCCCCCC(=O)O[C@@]1(OC2(CO)O[C@H](CO)[C@@H](O)[C@@H]2O)O[C@H](CO)[C@@H](O)[C@@](O)(OC(=O)CCCCCCCCCCCCC)[C@]1(O)OC(=O)CCCCCCCCCCCCC. The molecule has 2 aliphatic heterocycles. The van der Waals surface area contributed by atoms with Gasteiger partial charge in [-0.25, -0.2) is 0 Å². The Morgan fingerprint density at radius 3 is 1.07 bits per heavy atom. The second kappa shape index (κ2) is 36.8. The average molecular weight is 1020 g/mol. The number of aliphatic hydroxyl groups excluding tert-OH is 6. The van der Waals surface area contributed by atoms with Crippen LogP contribution in [-0.2, 0) is 42.8 Å². The molecule has 0 aliphatic carbocycles. The van der Waals surface area contributed by atoms with E-state index in [4.69, 9.17) is 28.4 Å². The zero-order valence-corrected chi connectivity index (χ0v) is 44.2. The van der Waals surface area contributed by atoms with Gasteiger partial charge in [0.25, 0.3) is 0 Å². The smallest absolute Gasteiger partial charge is 0.409 e. The highest BCUT2D eigenvalue weighted by Gasteiger charge is 2.83. The van der Waals surface area contributed by atoms with Gasteiger partial charge in [-0.15, -0.1) is 0 Å². The first kappa shape index (κ1) is 65.1. The molecule has 2 fully saturated rings. The summed E-state index contributed by atoms with van der Waals surface area (Å²) >= 11 is 0. The maximum absolute atomic E-state index is 14.0. The van der Waals surface area contributed by atoms with Crippen LogP contribution >= 0.6 is 0 Å². The van der Waals surface area contributed by atoms with Crippen molar-refractivity contribution in [2.24, 2.45) is 0 Å². The number of rotatable bonds is 44. The van der Waals surface area contributed by atoms with Gasteiger partial charge in [0.2, 0.25) is 5.79 Å². The van der Waals surface area contributed by atoms with Crippen LogP contribution in [0.1, 0.15) is 252 Å². The fraction of sp³-hybridized carbons (Fsp3) is 0.944. The zero-order valence-electron chi connectivity index (χ0n) is 44.2. The Morgan fingerprint density at radius 2 is 0.746 bits per heavy atom. The number of esters is 3. The largest absolute Gasteiger partial charge is 0.422 e. The van der Waals surface area contributed by atoms with E-state index < -0.39 is 98.0 Å². The molecule has 0 aromatic heterocycles. The molecule has 0 aromatic carbocycles. The van der Waals surface area contributed by atoms with Crippen molar-refractivity contribution in [2.45, 2.75) is 306 Å². The predicted octanol–water partition coefficient (Wildman–Crippen LogP) is 8.32. The van der Waals surface area contributed by atoms with Crippen molar-refractivity contribution < 1.29 is 83.7 Å². The Bertz CT molecular complexity index is 1410. The summed E-state index contributed by atoms with van der Waals surface area (Å²) in [4.78, 5) is 41.6. The predicted molar refractivity (Wildman–Crippen MR) is 267 cm³/mol. The third-order valence-corrected chi connectivity index (χ3v) is 14.1. The maximum atomic E-state index is 14.0. The molecular weight excluding hydrogens is 921 g/mol. The Morgan fingerprint density at radius 1 is 0.423 bits per heavy atom. The molecule has 9 atom stereocenters. The highest BCUT2D eigenvalue weighted by atomic mass is 17.0. The van der Waals surface area contributed by atoms with E-state index in [2.05, 4.69) is 20.8 Å². The molecule has 17 nitrogen and oxygen atoms in total. The summed E-state index contributed by atoms with van der Waals surface area (Å²) in [5.74, 6) is -18.4. The minimum absolute atomic E-state index is 0.227. The summed E-state index contributed by atoms with van der Waals surface area (Å²) < 4.78 is 34.2. The van der Waals surface area contributed by atoms with Gasteiger partial charge in [-0.1, -0.05) is 213 Å². The van der Waals surface area contributed by atoms with Gasteiger partial charge in [-0.05, 0) is 19.3 Å². The normalized spacial score (nSPS) is 27.5. The Balaban J connectivity index is 2.45. The minimum atomic E-state index is -4.09. The van der Waals surface area contributed by atoms with Crippen molar-refractivity contribution in [3.05, 3.63) is 0 Å². The van der Waals surface area contributed by atoms with E-state index in [1.54, 1.807) is 0 Å². The molecule has 2 rings (SSSR count). The summed E-state index contributed by atoms with van der Waals surface area (Å²) in [5.41, 5.74) is 0. The van der Waals surface area contributed by atoms with Gasteiger partial charge in [0.05, 0.1) is 13.2 Å². The second-order valence-electron chi connectivity index (χ2n) is 20.3. The fourth-order valence-corrected chi connectivity index (χ4v) is 9.55. The first-order valence-corrected chi connectivity index (χ1v) is 28.2. The van der Waals surface area contributed by atoms with E-state index in [-0.39, 0.29) is 32.1 Å². The first-order chi connectivity index (χ1) is 34.2. The second-order valence-corrected chi connectivity index (χ2v) is 20.3. The monoisotopic (exact) mass is 1020 g/mol. The molecule has 0 amide bonds. The van der Waals surface area contributed by atoms with Crippen LogP contribution in [0.3, 0.4) is 0 Å². The molecule has 2 heterocycles. The summed E-state index contributed by atoms with van der Waals surface area (Å²) in [6.07, 6.45) is 20.0. The molecule has 0 spiro atoms. The van der Waals surface area contributed by atoms with E-state index in [1.165, 1.54) is 77.0 Å². The van der Waals surface area contributed by atoms with Gasteiger partial charge in [0, 0.05) is 19.3 Å². The van der Waals surface area contributed by atoms with Crippen molar-refractivity contribution in [3.8, 4) is 0 Å². The zero-order chi connectivity index (χ0) is 52.4. The standard InChI is InChI=1S/C54H100O17/c1-4-7-10-13-16-19-22-25-28-31-34-37-45(58)68-52(64)49(62)44(41-56)67-54(71-51(42-57)50(63)48(61)43(40-55)66-51,70-47(60)39-36-33-30-27-24-21-18-15-12-9-6-3)53(52,65)69-46(59)38-35-32-29-26-23-20-17-14-11-8-5-2/h43-44,48-50,55-57,61-65H,4-42H2,1-3H3/t43-,44-,48-,49-,50+,51?,52-,53+,54+/m1/s1. The number of ether oxygens (including phenoxy) is 6. The van der Waals surface area contributed by atoms with Crippen molar-refractivity contribution in [3.63, 3.8) is 0 Å². The molecule has 0 aromatic rings. The summed E-state index contributed by atoms with van der Waals surface area (Å²) in [7, 11) is 0. The molecule has 2 saturated heterocycles. The lowest BCUT2D eigenvalue weighted by atomic mass is 9.88. The highest BCUT2D eigenvalue weighted by Crippen LogP contribution is 2.51. The first-order valence-electron chi connectivity index (χ1n) is 28.2. The van der Waals surface area contributed by atoms with Gasteiger partial charge in [-0.2, -0.15) is 0 Å². The molecule has 71 heavy (non-hydrogen) atoms. The number of hydrogen-bond acceptors (Lipinski definition) is 17. The average Bonchev–Trinajstić information content (AvgIpc) is 3.59. The molecule has 1 unspecified atom stereocenters. The van der Waals surface area contributed by atoms with E-state index in [0.29, 0.717) is 19.3 Å². The molecular formula is C54H100O17. The number of hydrogen-bond donors (Lipinski definition) is 8. The Labute approximate surface area is 426 Å². The van der Waals surface area contributed by atoms with E-state index in [1.807, 2.05) is 0 Å². The van der Waals surface area contributed by atoms with Crippen molar-refractivity contribution >= 4 is 17.9 Å². The third-order valence-electron chi connectivity index (χ3n) is 14.1. The molecule has 8 N–H and O–H groups in total. The summed E-state index contributed by atoms with van der Waals surface area (Å²) in [5, 5.41) is 90.7. The van der Waals surface area contributed by atoms with Crippen molar-refractivity contribution in [1.29, 1.82) is 0 Å². The van der Waals surface area contributed by atoms with Crippen molar-refractivity contribution in [1.82, 2.24) is 0 Å².